The van der Waals surface area contributed by atoms with Gasteiger partial charge in [-0.25, -0.2) is 0 Å². The molecular formula is C16H17ClO3. The van der Waals surface area contributed by atoms with E-state index in [-0.39, 0.29) is 13.2 Å². The number of hydrogen-bond acceptors (Lipinski definition) is 3. The molecule has 0 spiro atoms. The molecule has 0 fully saturated rings. The summed E-state index contributed by atoms with van der Waals surface area (Å²) in [5.74, 6) is 0.726. The molecule has 2 aromatic rings. The molecule has 3 nitrogen and oxygen atoms in total. The number of aliphatic hydroxyl groups is 1. The zero-order valence-electron chi connectivity index (χ0n) is 11.3. The first-order chi connectivity index (χ1) is 9.74. The summed E-state index contributed by atoms with van der Waals surface area (Å²) in [6.07, 6.45) is 0. The summed E-state index contributed by atoms with van der Waals surface area (Å²) in [6, 6.07) is 13.5. The van der Waals surface area contributed by atoms with Crippen LogP contribution in [0.2, 0.25) is 5.02 Å². The quantitative estimate of drug-likeness (QED) is 0.885. The van der Waals surface area contributed by atoms with Crippen LogP contribution in [0.25, 0.3) is 11.1 Å². The largest absolute Gasteiger partial charge is 0.491 e. The van der Waals surface area contributed by atoms with E-state index in [2.05, 4.69) is 0 Å². The summed E-state index contributed by atoms with van der Waals surface area (Å²) in [5, 5.41) is 9.51. The van der Waals surface area contributed by atoms with Crippen LogP contribution in [0.1, 0.15) is 5.56 Å². The number of ether oxygens (including phenoxy) is 2. The Morgan fingerprint density at radius 2 is 1.85 bits per heavy atom. The minimum absolute atomic E-state index is 0.00144. The van der Waals surface area contributed by atoms with Crippen molar-refractivity contribution in [2.45, 2.75) is 6.61 Å². The molecule has 0 saturated carbocycles. The molecule has 0 radical (unpaired) electrons. The molecule has 0 bridgehead atoms. The molecule has 106 valence electrons. The van der Waals surface area contributed by atoms with Crippen LogP contribution < -0.4 is 4.74 Å². The monoisotopic (exact) mass is 292 g/mol. The van der Waals surface area contributed by atoms with Gasteiger partial charge in [-0.2, -0.15) is 0 Å². The fraction of sp³-hybridized carbons (Fsp3) is 0.250. The number of rotatable bonds is 6. The van der Waals surface area contributed by atoms with Gasteiger partial charge in [-0.1, -0.05) is 29.8 Å². The van der Waals surface area contributed by atoms with Gasteiger partial charge >= 0.3 is 0 Å². The van der Waals surface area contributed by atoms with Crippen LogP contribution in [0.15, 0.2) is 42.5 Å². The summed E-state index contributed by atoms with van der Waals surface area (Å²) in [6.45, 7) is 0.777. The summed E-state index contributed by atoms with van der Waals surface area (Å²) in [7, 11) is 1.66. The normalized spacial score (nSPS) is 10.6. The fourth-order valence-corrected chi connectivity index (χ4v) is 2.14. The molecule has 1 N–H and O–H groups in total. The van der Waals surface area contributed by atoms with Gasteiger partial charge in [-0.05, 0) is 41.0 Å². The Labute approximate surface area is 123 Å². The average molecular weight is 293 g/mol. The van der Waals surface area contributed by atoms with E-state index in [1.54, 1.807) is 7.11 Å². The highest BCUT2D eigenvalue weighted by atomic mass is 35.5. The average Bonchev–Trinajstić information content (AvgIpc) is 2.47. The maximum Gasteiger partial charge on any atom is 0.119 e. The minimum Gasteiger partial charge on any atom is -0.491 e. The lowest BCUT2D eigenvalue weighted by molar-refractivity contribution is 0.183. The van der Waals surface area contributed by atoms with E-state index in [0.717, 1.165) is 22.4 Å². The highest BCUT2D eigenvalue weighted by molar-refractivity contribution is 6.30. The van der Waals surface area contributed by atoms with Gasteiger partial charge in [0.1, 0.15) is 12.4 Å². The highest BCUT2D eigenvalue weighted by Crippen LogP contribution is 2.29. The maximum absolute atomic E-state index is 8.80. The molecule has 0 aliphatic rings. The van der Waals surface area contributed by atoms with Crippen LogP contribution in [0.3, 0.4) is 0 Å². The van der Waals surface area contributed by atoms with Gasteiger partial charge in [0.15, 0.2) is 0 Å². The third kappa shape index (κ3) is 3.73. The molecule has 0 unspecified atom stereocenters. The van der Waals surface area contributed by atoms with Gasteiger partial charge in [0.2, 0.25) is 0 Å². The van der Waals surface area contributed by atoms with Crippen LogP contribution >= 0.6 is 11.6 Å². The zero-order valence-corrected chi connectivity index (χ0v) is 12.1. The van der Waals surface area contributed by atoms with Gasteiger partial charge < -0.3 is 14.6 Å². The molecule has 0 saturated heterocycles. The Bertz CT molecular complexity index is 552. The smallest absolute Gasteiger partial charge is 0.119 e. The van der Waals surface area contributed by atoms with Crippen molar-refractivity contribution < 1.29 is 14.6 Å². The van der Waals surface area contributed by atoms with Crippen molar-refractivity contribution in [2.75, 3.05) is 20.3 Å². The summed E-state index contributed by atoms with van der Waals surface area (Å²) in [5.41, 5.74) is 3.19. The van der Waals surface area contributed by atoms with Crippen LogP contribution in [0.4, 0.5) is 0 Å². The van der Waals surface area contributed by atoms with E-state index in [0.29, 0.717) is 11.6 Å². The summed E-state index contributed by atoms with van der Waals surface area (Å²) >= 11 is 5.91. The molecule has 0 aromatic heterocycles. The second kappa shape index (κ2) is 7.29. The third-order valence-corrected chi connectivity index (χ3v) is 3.14. The van der Waals surface area contributed by atoms with Gasteiger partial charge in [0.25, 0.3) is 0 Å². The Morgan fingerprint density at radius 3 is 2.50 bits per heavy atom. The Morgan fingerprint density at radius 1 is 1.10 bits per heavy atom. The molecule has 4 heteroatoms. The van der Waals surface area contributed by atoms with Crippen molar-refractivity contribution in [3.05, 3.63) is 53.1 Å². The second-order valence-corrected chi connectivity index (χ2v) is 4.77. The van der Waals surface area contributed by atoms with Crippen molar-refractivity contribution in [3.63, 3.8) is 0 Å². The van der Waals surface area contributed by atoms with Crippen molar-refractivity contribution in [1.82, 2.24) is 0 Å². The first-order valence-electron chi connectivity index (χ1n) is 6.36. The Hall–Kier alpha value is -1.55. The second-order valence-electron chi connectivity index (χ2n) is 4.33. The molecule has 2 aromatic carbocycles. The van der Waals surface area contributed by atoms with Crippen molar-refractivity contribution in [1.29, 1.82) is 0 Å². The molecule has 0 heterocycles. The summed E-state index contributed by atoms with van der Waals surface area (Å²) in [4.78, 5) is 0. The number of aliphatic hydroxyl groups excluding tert-OH is 1. The first kappa shape index (κ1) is 14.9. The lowest BCUT2D eigenvalue weighted by atomic mass is 10.00. The van der Waals surface area contributed by atoms with Crippen molar-refractivity contribution in [3.8, 4) is 16.9 Å². The van der Waals surface area contributed by atoms with Crippen LogP contribution in [0, 0.1) is 0 Å². The van der Waals surface area contributed by atoms with Crippen molar-refractivity contribution in [2.24, 2.45) is 0 Å². The van der Waals surface area contributed by atoms with E-state index in [9.17, 15) is 0 Å². The summed E-state index contributed by atoms with van der Waals surface area (Å²) < 4.78 is 10.7. The van der Waals surface area contributed by atoms with Gasteiger partial charge in [0, 0.05) is 12.1 Å². The van der Waals surface area contributed by atoms with E-state index >= 15 is 0 Å². The lowest BCUT2D eigenvalue weighted by Crippen LogP contribution is -2.02. The van der Waals surface area contributed by atoms with E-state index in [4.69, 9.17) is 26.2 Å². The third-order valence-electron chi connectivity index (χ3n) is 2.89. The molecule has 2 rings (SSSR count). The van der Waals surface area contributed by atoms with Crippen LogP contribution in [0.5, 0.6) is 5.75 Å². The standard InChI is InChI=1S/C16H17ClO3/c1-19-11-13-10-15(20-9-8-18)6-7-16(13)12-2-4-14(17)5-3-12/h2-7,10,18H,8-9,11H2,1H3. The molecule has 0 aliphatic heterocycles. The Kier molecular flexibility index (Phi) is 5.41. The van der Waals surface area contributed by atoms with Gasteiger partial charge in [0.05, 0.1) is 13.2 Å². The molecule has 20 heavy (non-hydrogen) atoms. The highest BCUT2D eigenvalue weighted by Gasteiger charge is 2.07. The van der Waals surface area contributed by atoms with Gasteiger partial charge in [-0.3, -0.25) is 0 Å². The van der Waals surface area contributed by atoms with Crippen LogP contribution in [-0.2, 0) is 11.3 Å². The number of benzene rings is 2. The minimum atomic E-state index is -0.00144. The number of hydrogen-bond donors (Lipinski definition) is 1. The number of halogens is 1. The number of methoxy groups -OCH3 is 1. The first-order valence-corrected chi connectivity index (χ1v) is 6.74. The van der Waals surface area contributed by atoms with Gasteiger partial charge in [-0.15, -0.1) is 0 Å². The zero-order chi connectivity index (χ0) is 14.4. The molecule has 0 aliphatic carbocycles. The van der Waals surface area contributed by atoms with Crippen molar-refractivity contribution >= 4 is 11.6 Å². The van der Waals surface area contributed by atoms with E-state index in [1.165, 1.54) is 0 Å². The van der Waals surface area contributed by atoms with Crippen LogP contribution in [-0.4, -0.2) is 25.4 Å². The molecular weight excluding hydrogens is 276 g/mol. The molecule has 0 amide bonds. The SMILES string of the molecule is COCc1cc(OCCO)ccc1-c1ccc(Cl)cc1. The van der Waals surface area contributed by atoms with E-state index < -0.39 is 0 Å². The maximum atomic E-state index is 8.80. The Balaban J connectivity index is 2.33. The predicted octanol–water partition coefficient (Wildman–Crippen LogP) is 3.52. The van der Waals surface area contributed by atoms with E-state index in [1.807, 2.05) is 42.5 Å². The lowest BCUT2D eigenvalue weighted by Gasteiger charge is -2.12. The topological polar surface area (TPSA) is 38.7 Å². The predicted molar refractivity (Wildman–Crippen MR) is 80.2 cm³/mol. The molecule has 0 atom stereocenters. The fourth-order valence-electron chi connectivity index (χ4n) is 2.01.